The van der Waals surface area contributed by atoms with E-state index in [2.05, 4.69) is 38.7 Å². The van der Waals surface area contributed by atoms with Gasteiger partial charge < -0.3 is 25.0 Å². The van der Waals surface area contributed by atoms with E-state index >= 15 is 0 Å². The highest BCUT2D eigenvalue weighted by Crippen LogP contribution is 2.37. The maximum atomic E-state index is 12.8. The Hall–Kier alpha value is -4.10. The van der Waals surface area contributed by atoms with Gasteiger partial charge in [-0.2, -0.15) is 5.26 Å². The van der Waals surface area contributed by atoms with Gasteiger partial charge in [-0.25, -0.2) is 9.78 Å². The predicted octanol–water partition coefficient (Wildman–Crippen LogP) is 2.65. The van der Waals surface area contributed by atoms with Crippen LogP contribution in [-0.4, -0.2) is 61.4 Å². The number of carbonyl (C=O) groups is 2. The van der Waals surface area contributed by atoms with Crippen LogP contribution in [0.15, 0.2) is 36.4 Å². The Bertz CT molecular complexity index is 1290. The molecular weight excluding hydrogens is 460 g/mol. The van der Waals surface area contributed by atoms with E-state index in [4.69, 9.17) is 9.47 Å². The van der Waals surface area contributed by atoms with E-state index in [-0.39, 0.29) is 30.7 Å². The van der Waals surface area contributed by atoms with Gasteiger partial charge in [-0.3, -0.25) is 9.69 Å². The first-order valence-corrected chi connectivity index (χ1v) is 12.2. The summed E-state index contributed by atoms with van der Waals surface area (Å²) >= 11 is 0. The van der Waals surface area contributed by atoms with Gasteiger partial charge in [-0.15, -0.1) is 0 Å². The van der Waals surface area contributed by atoms with Crippen LogP contribution < -0.4 is 25.2 Å². The van der Waals surface area contributed by atoms with Crippen LogP contribution in [0.5, 0.6) is 5.75 Å². The number of anilines is 3. The molecule has 0 radical (unpaired) electrons. The zero-order chi connectivity index (χ0) is 24.6. The Morgan fingerprint density at radius 3 is 3.03 bits per heavy atom. The van der Waals surface area contributed by atoms with Gasteiger partial charge in [-0.1, -0.05) is 18.2 Å². The van der Waals surface area contributed by atoms with E-state index < -0.39 is 6.09 Å². The highest BCUT2D eigenvalue weighted by Gasteiger charge is 2.46. The molecule has 3 aliphatic heterocycles. The molecule has 2 fully saturated rings. The Balaban J connectivity index is 1.07. The minimum Gasteiger partial charge on any atom is -0.480 e. The Morgan fingerprint density at radius 1 is 1.22 bits per heavy atom. The molecule has 1 saturated heterocycles. The van der Waals surface area contributed by atoms with Crippen molar-refractivity contribution in [3.63, 3.8) is 0 Å². The number of nitriles is 1. The van der Waals surface area contributed by atoms with E-state index in [9.17, 15) is 14.9 Å². The van der Waals surface area contributed by atoms with Crippen LogP contribution in [0.25, 0.3) is 6.08 Å². The van der Waals surface area contributed by atoms with Gasteiger partial charge in [0.15, 0.2) is 18.2 Å². The molecular formula is C26H26N6O4. The predicted molar refractivity (Wildman–Crippen MR) is 133 cm³/mol. The van der Waals surface area contributed by atoms with Crippen LogP contribution in [0.4, 0.5) is 22.1 Å². The van der Waals surface area contributed by atoms with E-state index in [0.29, 0.717) is 22.9 Å². The second kappa shape index (κ2) is 9.17. The SMILES string of the molecule is N#Cc1ccc2c(c1)N(CCN[C@@H]1CC[C@@H]3[C@@H](C1)OC(=O)N3c1ccc3c(n1)NC(=O)CO3)CC=C2. The van der Waals surface area contributed by atoms with Crippen molar-refractivity contribution in [1.82, 2.24) is 10.3 Å². The number of carbonyl (C=O) groups excluding carboxylic acids is 2. The second-order valence-corrected chi connectivity index (χ2v) is 9.41. The lowest BCUT2D eigenvalue weighted by Crippen LogP contribution is -2.47. The molecule has 1 aliphatic carbocycles. The number of aromatic nitrogens is 1. The maximum absolute atomic E-state index is 12.8. The van der Waals surface area contributed by atoms with Crippen molar-refractivity contribution < 1.29 is 19.1 Å². The summed E-state index contributed by atoms with van der Waals surface area (Å²) in [4.78, 5) is 32.8. The number of pyridine rings is 1. The molecule has 0 unspecified atom stereocenters. The summed E-state index contributed by atoms with van der Waals surface area (Å²) in [5.41, 5.74) is 2.87. The normalized spacial score (nSPS) is 24.1. The molecule has 1 saturated carbocycles. The molecule has 4 aliphatic rings. The molecule has 0 spiro atoms. The fraction of sp³-hybridized carbons (Fsp3) is 0.385. The molecule has 1 aromatic carbocycles. The molecule has 2 aromatic rings. The molecule has 1 aromatic heterocycles. The molecule has 36 heavy (non-hydrogen) atoms. The zero-order valence-corrected chi connectivity index (χ0v) is 19.6. The molecule has 10 heteroatoms. The first-order valence-electron chi connectivity index (χ1n) is 12.2. The van der Waals surface area contributed by atoms with Crippen LogP contribution in [-0.2, 0) is 9.53 Å². The summed E-state index contributed by atoms with van der Waals surface area (Å²) < 4.78 is 11.1. The molecule has 6 rings (SSSR count). The molecule has 2 N–H and O–H groups in total. The van der Waals surface area contributed by atoms with Crippen molar-refractivity contribution in [3.05, 3.63) is 47.5 Å². The number of ether oxygens (including phenoxy) is 2. The molecule has 0 bridgehead atoms. The lowest BCUT2D eigenvalue weighted by molar-refractivity contribution is -0.118. The Morgan fingerprint density at radius 2 is 2.14 bits per heavy atom. The number of nitrogens with one attached hydrogen (secondary N) is 2. The van der Waals surface area contributed by atoms with Crippen LogP contribution in [0, 0.1) is 11.3 Å². The minimum absolute atomic E-state index is 0.0409. The van der Waals surface area contributed by atoms with Gasteiger partial charge >= 0.3 is 6.09 Å². The van der Waals surface area contributed by atoms with Crippen molar-refractivity contribution >= 4 is 35.4 Å². The van der Waals surface area contributed by atoms with E-state index in [1.807, 2.05) is 18.2 Å². The average molecular weight is 487 g/mol. The van der Waals surface area contributed by atoms with E-state index in [0.717, 1.165) is 50.1 Å². The van der Waals surface area contributed by atoms with E-state index in [1.54, 1.807) is 17.0 Å². The molecule has 2 amide bonds. The van der Waals surface area contributed by atoms with Gasteiger partial charge in [0.2, 0.25) is 0 Å². The van der Waals surface area contributed by atoms with E-state index in [1.165, 1.54) is 0 Å². The smallest absolute Gasteiger partial charge is 0.416 e. The average Bonchev–Trinajstić information content (AvgIpc) is 3.23. The third-order valence-corrected chi connectivity index (χ3v) is 7.18. The number of fused-ring (bicyclic) bond motifs is 3. The quantitative estimate of drug-likeness (QED) is 0.662. The topological polar surface area (TPSA) is 120 Å². The minimum atomic E-state index is -0.411. The van der Waals surface area contributed by atoms with Gasteiger partial charge in [-0.05, 0) is 42.7 Å². The van der Waals surface area contributed by atoms with Gasteiger partial charge in [0.1, 0.15) is 11.9 Å². The van der Waals surface area contributed by atoms with Gasteiger partial charge in [0.05, 0.1) is 17.7 Å². The number of hydrogen-bond donors (Lipinski definition) is 2. The van der Waals surface area contributed by atoms with Crippen LogP contribution in [0.2, 0.25) is 0 Å². The zero-order valence-electron chi connectivity index (χ0n) is 19.6. The molecule has 3 atom stereocenters. The largest absolute Gasteiger partial charge is 0.480 e. The van der Waals surface area contributed by atoms with Gasteiger partial charge in [0.25, 0.3) is 5.91 Å². The second-order valence-electron chi connectivity index (χ2n) is 9.41. The number of benzene rings is 1. The molecule has 184 valence electrons. The van der Waals surface area contributed by atoms with Crippen LogP contribution in [0.1, 0.15) is 30.4 Å². The monoisotopic (exact) mass is 486 g/mol. The summed E-state index contributed by atoms with van der Waals surface area (Å²) in [7, 11) is 0. The maximum Gasteiger partial charge on any atom is 0.416 e. The third kappa shape index (κ3) is 4.12. The Kier molecular flexibility index (Phi) is 5.70. The summed E-state index contributed by atoms with van der Waals surface area (Å²) in [6.45, 7) is 2.37. The lowest BCUT2D eigenvalue weighted by Gasteiger charge is -2.34. The van der Waals surface area contributed by atoms with Crippen molar-refractivity contribution in [1.29, 1.82) is 5.26 Å². The standard InChI is InChI=1S/C26H26N6O4/c27-14-16-3-4-17-2-1-10-31(20(17)12-16)11-9-28-18-5-6-19-22(13-18)36-26(34)32(19)23-8-7-21-25(29-23)30-24(33)15-35-21/h1-4,7-8,12,18-19,22,28H,5-6,9-11,13,15H2,(H,29,30,33)/t18-,19-,22-/m1/s1. The van der Waals surface area contributed by atoms with Crippen molar-refractivity contribution in [2.45, 2.75) is 37.5 Å². The number of amides is 2. The Labute approximate surface area is 208 Å². The van der Waals surface area contributed by atoms with Crippen molar-refractivity contribution in [2.24, 2.45) is 0 Å². The van der Waals surface area contributed by atoms with Crippen molar-refractivity contribution in [2.75, 3.05) is 41.4 Å². The number of nitrogens with zero attached hydrogens (tertiary/aromatic N) is 4. The highest BCUT2D eigenvalue weighted by molar-refractivity contribution is 5.95. The number of hydrogen-bond acceptors (Lipinski definition) is 8. The first kappa shape index (κ1) is 22.4. The summed E-state index contributed by atoms with van der Waals surface area (Å²) in [6, 6.07) is 11.6. The lowest BCUT2D eigenvalue weighted by atomic mass is 9.88. The highest BCUT2D eigenvalue weighted by atomic mass is 16.6. The summed E-state index contributed by atoms with van der Waals surface area (Å²) in [5, 5.41) is 15.6. The first-order chi connectivity index (χ1) is 17.6. The van der Waals surface area contributed by atoms with Crippen molar-refractivity contribution in [3.8, 4) is 11.8 Å². The molecule has 10 nitrogen and oxygen atoms in total. The fourth-order valence-electron chi connectivity index (χ4n) is 5.44. The summed E-state index contributed by atoms with van der Waals surface area (Å²) in [5.74, 6) is 1.00. The molecule has 4 heterocycles. The van der Waals surface area contributed by atoms with Gasteiger partial charge in [0, 0.05) is 37.8 Å². The summed E-state index contributed by atoms with van der Waals surface area (Å²) in [6.07, 6.45) is 6.03. The van der Waals surface area contributed by atoms with Crippen LogP contribution >= 0.6 is 0 Å². The third-order valence-electron chi connectivity index (χ3n) is 7.18. The fourth-order valence-corrected chi connectivity index (χ4v) is 5.44. The van der Waals surface area contributed by atoms with Crippen LogP contribution in [0.3, 0.4) is 0 Å². The number of rotatable bonds is 5.